The molecule has 1 aromatic heterocycles. The zero-order chi connectivity index (χ0) is 18.4. The summed E-state index contributed by atoms with van der Waals surface area (Å²) in [5, 5.41) is 20.8. The van der Waals surface area contributed by atoms with Crippen LogP contribution in [0.25, 0.3) is 11.0 Å². The molecule has 0 fully saturated rings. The second-order valence-electron chi connectivity index (χ2n) is 5.75. The summed E-state index contributed by atoms with van der Waals surface area (Å²) < 4.78 is 5.08. The number of hydrogen-bond donors (Lipinski definition) is 2. The van der Waals surface area contributed by atoms with Crippen molar-refractivity contribution in [3.05, 3.63) is 53.3 Å². The van der Waals surface area contributed by atoms with Crippen LogP contribution >= 0.6 is 0 Å². The van der Waals surface area contributed by atoms with Crippen molar-refractivity contribution in [3.63, 3.8) is 0 Å². The number of amides is 2. The van der Waals surface area contributed by atoms with E-state index in [-0.39, 0.29) is 28.7 Å². The van der Waals surface area contributed by atoms with Crippen molar-refractivity contribution in [1.82, 2.24) is 14.9 Å². The van der Waals surface area contributed by atoms with Crippen LogP contribution < -0.4 is 4.74 Å². The highest BCUT2D eigenvalue weighted by Gasteiger charge is 2.42. The number of phenols is 2. The van der Waals surface area contributed by atoms with Gasteiger partial charge in [0.2, 0.25) is 0 Å². The molecule has 2 amide bonds. The number of hydrogen-bond acceptors (Lipinski definition) is 7. The number of methoxy groups -OCH3 is 1. The molecule has 1 aliphatic heterocycles. The second kappa shape index (κ2) is 5.69. The van der Waals surface area contributed by atoms with Gasteiger partial charge in [0.1, 0.15) is 27.9 Å². The summed E-state index contributed by atoms with van der Waals surface area (Å²) in [6.45, 7) is -0.00752. The molecule has 3 aromatic rings. The minimum absolute atomic E-state index is 0.00752. The van der Waals surface area contributed by atoms with Crippen LogP contribution in [0.3, 0.4) is 0 Å². The molecule has 0 aliphatic carbocycles. The largest absolute Gasteiger partial charge is 0.505 e. The number of benzene rings is 2. The summed E-state index contributed by atoms with van der Waals surface area (Å²) in [6, 6.07) is 6.87. The fraction of sp³-hybridized carbons (Fsp3) is 0.111. The first-order valence-electron chi connectivity index (χ1n) is 7.70. The molecule has 2 heterocycles. The zero-order valence-corrected chi connectivity index (χ0v) is 13.6. The van der Waals surface area contributed by atoms with Gasteiger partial charge in [0.15, 0.2) is 11.5 Å². The normalized spacial score (nSPS) is 13.3. The van der Waals surface area contributed by atoms with E-state index >= 15 is 0 Å². The summed E-state index contributed by atoms with van der Waals surface area (Å²) in [5.41, 5.74) is 0.121. The molecule has 0 radical (unpaired) electrons. The van der Waals surface area contributed by atoms with Crippen molar-refractivity contribution < 1.29 is 24.5 Å². The molecule has 0 saturated heterocycles. The number of phenolic OH excluding ortho intramolecular Hbond substituents is 2. The highest BCUT2D eigenvalue weighted by Crippen LogP contribution is 2.42. The first-order chi connectivity index (χ1) is 12.5. The van der Waals surface area contributed by atoms with E-state index in [2.05, 4.69) is 9.97 Å². The zero-order valence-electron chi connectivity index (χ0n) is 13.6. The minimum atomic E-state index is -0.693. The fourth-order valence-electron chi connectivity index (χ4n) is 2.99. The monoisotopic (exact) mass is 351 g/mol. The molecule has 26 heavy (non-hydrogen) atoms. The molecular weight excluding hydrogens is 338 g/mol. The van der Waals surface area contributed by atoms with Crippen molar-refractivity contribution in [2.24, 2.45) is 0 Å². The average Bonchev–Trinajstić information content (AvgIpc) is 2.92. The van der Waals surface area contributed by atoms with Crippen LogP contribution in [0.1, 0.15) is 26.3 Å². The predicted octanol–water partition coefficient (Wildman–Crippen LogP) is 1.85. The number of carbonyl (C=O) groups excluding carboxylic acids is 2. The van der Waals surface area contributed by atoms with Crippen molar-refractivity contribution in [2.75, 3.05) is 7.11 Å². The van der Waals surface area contributed by atoms with E-state index in [1.54, 1.807) is 24.3 Å². The smallest absolute Gasteiger partial charge is 0.265 e. The lowest BCUT2D eigenvalue weighted by atomic mass is 10.1. The van der Waals surface area contributed by atoms with Crippen LogP contribution in [0.2, 0.25) is 0 Å². The van der Waals surface area contributed by atoms with Gasteiger partial charge < -0.3 is 14.9 Å². The molecule has 2 N–H and O–H groups in total. The summed E-state index contributed by atoms with van der Waals surface area (Å²) in [4.78, 5) is 34.3. The highest BCUT2D eigenvalue weighted by atomic mass is 16.5. The van der Waals surface area contributed by atoms with Crippen LogP contribution in [-0.2, 0) is 6.54 Å². The van der Waals surface area contributed by atoms with Crippen LogP contribution in [0.4, 0.5) is 0 Å². The van der Waals surface area contributed by atoms with Gasteiger partial charge in [0, 0.05) is 12.4 Å². The molecule has 8 heteroatoms. The van der Waals surface area contributed by atoms with Crippen LogP contribution in [0.5, 0.6) is 17.2 Å². The van der Waals surface area contributed by atoms with Gasteiger partial charge >= 0.3 is 0 Å². The van der Waals surface area contributed by atoms with E-state index in [9.17, 15) is 19.8 Å². The molecule has 0 atom stereocenters. The van der Waals surface area contributed by atoms with Gasteiger partial charge in [0.25, 0.3) is 11.8 Å². The predicted molar refractivity (Wildman–Crippen MR) is 90.1 cm³/mol. The lowest BCUT2D eigenvalue weighted by molar-refractivity contribution is 0.0641. The Labute approximate surface area is 147 Å². The molecule has 130 valence electrons. The fourth-order valence-corrected chi connectivity index (χ4v) is 2.99. The van der Waals surface area contributed by atoms with Gasteiger partial charge in [-0.15, -0.1) is 0 Å². The second-order valence-corrected chi connectivity index (χ2v) is 5.75. The molecule has 0 spiro atoms. The van der Waals surface area contributed by atoms with Crippen LogP contribution in [0.15, 0.2) is 36.7 Å². The Morgan fingerprint density at radius 1 is 0.923 bits per heavy atom. The number of aromatic nitrogens is 2. The van der Waals surface area contributed by atoms with E-state index < -0.39 is 23.3 Å². The van der Waals surface area contributed by atoms with E-state index in [1.807, 2.05) is 0 Å². The van der Waals surface area contributed by atoms with Crippen molar-refractivity contribution in [1.29, 1.82) is 0 Å². The quantitative estimate of drug-likeness (QED) is 0.547. The van der Waals surface area contributed by atoms with Gasteiger partial charge in [-0.2, -0.15) is 0 Å². The van der Waals surface area contributed by atoms with E-state index in [0.717, 1.165) is 4.90 Å². The van der Waals surface area contributed by atoms with E-state index in [4.69, 9.17) is 4.74 Å². The maximum atomic E-state index is 12.7. The summed E-state index contributed by atoms with van der Waals surface area (Å²) in [5.74, 6) is -1.66. The van der Waals surface area contributed by atoms with Gasteiger partial charge in [-0.05, 0) is 17.7 Å². The first kappa shape index (κ1) is 15.8. The topological polar surface area (TPSA) is 113 Å². The molecule has 2 aromatic carbocycles. The van der Waals surface area contributed by atoms with Gasteiger partial charge in [0.05, 0.1) is 13.7 Å². The molecule has 0 bridgehead atoms. The first-order valence-corrected chi connectivity index (χ1v) is 7.70. The Balaban J connectivity index is 1.79. The Morgan fingerprint density at radius 2 is 1.42 bits per heavy atom. The van der Waals surface area contributed by atoms with Crippen molar-refractivity contribution >= 4 is 22.8 Å². The molecule has 0 saturated carbocycles. The molecule has 8 nitrogen and oxygen atoms in total. The van der Waals surface area contributed by atoms with Gasteiger partial charge in [-0.3, -0.25) is 14.5 Å². The molecule has 0 unspecified atom stereocenters. The number of carbonyl (C=O) groups is 2. The Bertz CT molecular complexity index is 1000. The SMILES string of the molecule is COc1ccc(CN2C(=O)c3c(c(O)c4nccnc4c3O)C2=O)cc1. The molecular formula is C18H13N3O5. The van der Waals surface area contributed by atoms with Gasteiger partial charge in [-0.25, -0.2) is 9.97 Å². The van der Waals surface area contributed by atoms with Crippen LogP contribution in [0, 0.1) is 0 Å². The van der Waals surface area contributed by atoms with Crippen molar-refractivity contribution in [2.45, 2.75) is 6.54 Å². The summed E-state index contributed by atoms with van der Waals surface area (Å²) in [7, 11) is 1.54. The summed E-state index contributed by atoms with van der Waals surface area (Å²) in [6.07, 6.45) is 2.65. The van der Waals surface area contributed by atoms with Gasteiger partial charge in [-0.1, -0.05) is 12.1 Å². The minimum Gasteiger partial charge on any atom is -0.505 e. The number of imide groups is 1. The van der Waals surface area contributed by atoms with E-state index in [1.165, 1.54) is 19.5 Å². The lowest BCUT2D eigenvalue weighted by Crippen LogP contribution is -2.29. The third-order valence-electron chi connectivity index (χ3n) is 4.29. The lowest BCUT2D eigenvalue weighted by Gasteiger charge is -2.14. The molecule has 4 rings (SSSR count). The average molecular weight is 351 g/mol. The third-order valence-corrected chi connectivity index (χ3v) is 4.29. The number of fused-ring (bicyclic) bond motifs is 2. The highest BCUT2D eigenvalue weighted by molar-refractivity contribution is 6.26. The maximum Gasteiger partial charge on any atom is 0.265 e. The van der Waals surface area contributed by atoms with E-state index in [0.29, 0.717) is 11.3 Å². The molecule has 1 aliphatic rings. The number of ether oxygens (including phenoxy) is 1. The Morgan fingerprint density at radius 3 is 1.88 bits per heavy atom. The Hall–Kier alpha value is -3.68. The third kappa shape index (κ3) is 2.16. The number of nitrogens with zero attached hydrogens (tertiary/aromatic N) is 3. The van der Waals surface area contributed by atoms with Crippen LogP contribution in [-0.4, -0.2) is 44.0 Å². The maximum absolute atomic E-state index is 12.7. The summed E-state index contributed by atoms with van der Waals surface area (Å²) >= 11 is 0. The van der Waals surface area contributed by atoms with Crippen molar-refractivity contribution in [3.8, 4) is 17.2 Å². The number of aromatic hydroxyl groups is 2. The standard InChI is InChI=1S/C18H13N3O5/c1-26-10-4-2-9(3-5-10)8-21-17(24)11-12(18(21)25)16(23)14-13(15(11)22)19-6-7-20-14/h2-7,22-23H,8H2,1H3. The Kier molecular flexibility index (Phi) is 3.47. The number of rotatable bonds is 3.